The summed E-state index contributed by atoms with van der Waals surface area (Å²) in [5, 5.41) is 9.52. The SMILES string of the molecule is Cc1cc(Br)cnc1[C@@H](NSc1ccc(C#N)c(F)c1)c1ccc(Cl)cc1.O.O. The molecule has 0 aliphatic heterocycles. The summed E-state index contributed by atoms with van der Waals surface area (Å²) in [4.78, 5) is 5.23. The third-order valence-corrected chi connectivity index (χ3v) is 5.45. The lowest BCUT2D eigenvalue weighted by molar-refractivity contribution is 0.620. The molecule has 0 saturated carbocycles. The number of hydrogen-bond acceptors (Lipinski definition) is 4. The molecule has 3 aromatic rings. The fraction of sp³-hybridized carbons (Fsp3) is 0.100. The van der Waals surface area contributed by atoms with E-state index in [0.717, 1.165) is 21.3 Å². The molecule has 0 amide bonds. The minimum Gasteiger partial charge on any atom is -0.412 e. The molecule has 29 heavy (non-hydrogen) atoms. The van der Waals surface area contributed by atoms with Crippen molar-refractivity contribution in [1.29, 1.82) is 5.26 Å². The van der Waals surface area contributed by atoms with Gasteiger partial charge in [0.1, 0.15) is 11.9 Å². The molecule has 3 rings (SSSR count). The van der Waals surface area contributed by atoms with Gasteiger partial charge >= 0.3 is 0 Å². The van der Waals surface area contributed by atoms with E-state index in [1.54, 1.807) is 12.3 Å². The molecule has 0 fully saturated rings. The molecular weight excluding hydrogens is 481 g/mol. The van der Waals surface area contributed by atoms with Gasteiger partial charge in [0.15, 0.2) is 0 Å². The average molecular weight is 499 g/mol. The normalized spacial score (nSPS) is 11.0. The van der Waals surface area contributed by atoms with E-state index in [2.05, 4.69) is 25.6 Å². The fourth-order valence-corrected chi connectivity index (χ4v) is 3.94. The molecule has 1 heterocycles. The molecule has 1 aromatic heterocycles. The van der Waals surface area contributed by atoms with E-state index in [-0.39, 0.29) is 22.6 Å². The first-order valence-corrected chi connectivity index (χ1v) is 9.96. The Morgan fingerprint density at radius 2 is 1.86 bits per heavy atom. The van der Waals surface area contributed by atoms with E-state index in [9.17, 15) is 4.39 Å². The molecule has 0 radical (unpaired) electrons. The lowest BCUT2D eigenvalue weighted by Crippen LogP contribution is -2.18. The molecule has 0 unspecified atom stereocenters. The maximum absolute atomic E-state index is 13.9. The second kappa shape index (κ2) is 11.3. The van der Waals surface area contributed by atoms with Crippen LogP contribution in [0.1, 0.15) is 28.4 Å². The third-order valence-electron chi connectivity index (χ3n) is 3.92. The van der Waals surface area contributed by atoms with Gasteiger partial charge in [0, 0.05) is 20.6 Å². The summed E-state index contributed by atoms with van der Waals surface area (Å²) in [7, 11) is 0. The Kier molecular flexibility index (Phi) is 9.73. The molecule has 5 nitrogen and oxygen atoms in total. The summed E-state index contributed by atoms with van der Waals surface area (Å²) in [6, 6.07) is 15.6. The molecule has 2 aromatic carbocycles. The van der Waals surface area contributed by atoms with Crippen molar-refractivity contribution in [3.8, 4) is 6.07 Å². The highest BCUT2D eigenvalue weighted by molar-refractivity contribution is 9.10. The molecule has 9 heteroatoms. The van der Waals surface area contributed by atoms with Crippen molar-refractivity contribution in [2.45, 2.75) is 17.9 Å². The molecule has 0 saturated heterocycles. The van der Waals surface area contributed by atoms with E-state index in [0.29, 0.717) is 9.92 Å². The van der Waals surface area contributed by atoms with Crippen LogP contribution in [0.2, 0.25) is 5.02 Å². The van der Waals surface area contributed by atoms with E-state index >= 15 is 0 Å². The predicted octanol–water partition coefficient (Wildman–Crippen LogP) is 4.55. The highest BCUT2D eigenvalue weighted by Gasteiger charge is 2.18. The maximum atomic E-state index is 13.9. The fourth-order valence-electron chi connectivity index (χ4n) is 2.57. The van der Waals surface area contributed by atoms with Gasteiger partial charge in [-0.2, -0.15) is 5.26 Å². The van der Waals surface area contributed by atoms with Gasteiger partial charge < -0.3 is 11.0 Å². The van der Waals surface area contributed by atoms with Crippen LogP contribution in [0.15, 0.2) is 64.1 Å². The number of aromatic nitrogens is 1. The van der Waals surface area contributed by atoms with Gasteiger partial charge in [0.05, 0.1) is 17.3 Å². The molecule has 152 valence electrons. The predicted molar refractivity (Wildman–Crippen MR) is 117 cm³/mol. The number of nitrogens with zero attached hydrogens (tertiary/aromatic N) is 2. The first-order chi connectivity index (χ1) is 13.0. The maximum Gasteiger partial charge on any atom is 0.142 e. The number of halogens is 3. The Bertz CT molecular complexity index is 1020. The quantitative estimate of drug-likeness (QED) is 0.520. The van der Waals surface area contributed by atoms with E-state index < -0.39 is 5.82 Å². The van der Waals surface area contributed by atoms with Crippen LogP contribution in [0, 0.1) is 24.1 Å². The van der Waals surface area contributed by atoms with Crippen LogP contribution in [0.3, 0.4) is 0 Å². The number of pyridine rings is 1. The topological polar surface area (TPSA) is 112 Å². The summed E-state index contributed by atoms with van der Waals surface area (Å²) in [5.41, 5.74) is 2.89. The van der Waals surface area contributed by atoms with Crippen LogP contribution in [0.25, 0.3) is 0 Å². The Labute approximate surface area is 185 Å². The Balaban J connectivity index is 0.00000210. The Morgan fingerprint density at radius 1 is 1.17 bits per heavy atom. The number of benzene rings is 2. The number of nitriles is 1. The van der Waals surface area contributed by atoms with E-state index in [1.807, 2.05) is 43.3 Å². The Morgan fingerprint density at radius 3 is 2.45 bits per heavy atom. The van der Waals surface area contributed by atoms with Gasteiger partial charge in [-0.3, -0.25) is 4.98 Å². The van der Waals surface area contributed by atoms with Crippen molar-refractivity contribution < 1.29 is 15.3 Å². The lowest BCUT2D eigenvalue weighted by atomic mass is 10.0. The number of hydrogen-bond donors (Lipinski definition) is 1. The highest BCUT2D eigenvalue weighted by atomic mass is 79.9. The van der Waals surface area contributed by atoms with Gasteiger partial charge in [-0.05, 0) is 82.3 Å². The summed E-state index contributed by atoms with van der Waals surface area (Å²) < 4.78 is 18.1. The van der Waals surface area contributed by atoms with Crippen LogP contribution in [0.5, 0.6) is 0 Å². The molecular formula is C20H18BrClFN3O2S. The second-order valence-electron chi connectivity index (χ2n) is 5.81. The molecule has 5 N–H and O–H groups in total. The van der Waals surface area contributed by atoms with Crippen LogP contribution in [-0.4, -0.2) is 15.9 Å². The molecule has 1 atom stereocenters. The Hall–Kier alpha value is -1.99. The zero-order chi connectivity index (χ0) is 19.4. The molecule has 0 aliphatic carbocycles. The first-order valence-electron chi connectivity index (χ1n) is 7.97. The summed E-state index contributed by atoms with van der Waals surface area (Å²) in [6.07, 6.45) is 1.75. The first kappa shape index (κ1) is 25.0. The summed E-state index contributed by atoms with van der Waals surface area (Å²) in [6.45, 7) is 1.99. The van der Waals surface area contributed by atoms with Gasteiger partial charge in [-0.1, -0.05) is 23.7 Å². The van der Waals surface area contributed by atoms with Crippen molar-refractivity contribution in [1.82, 2.24) is 9.71 Å². The summed E-state index contributed by atoms with van der Waals surface area (Å²) >= 11 is 10.7. The van der Waals surface area contributed by atoms with Crippen LogP contribution in [-0.2, 0) is 0 Å². The van der Waals surface area contributed by atoms with E-state index in [4.69, 9.17) is 16.9 Å². The van der Waals surface area contributed by atoms with Crippen molar-refractivity contribution in [3.63, 3.8) is 0 Å². The van der Waals surface area contributed by atoms with Crippen molar-refractivity contribution >= 4 is 39.5 Å². The van der Waals surface area contributed by atoms with Gasteiger partial charge in [-0.15, -0.1) is 0 Å². The minimum atomic E-state index is -0.537. The zero-order valence-corrected chi connectivity index (χ0v) is 18.4. The molecule has 0 bridgehead atoms. The van der Waals surface area contributed by atoms with Crippen molar-refractivity contribution in [2.24, 2.45) is 0 Å². The monoisotopic (exact) mass is 497 g/mol. The third kappa shape index (κ3) is 6.24. The largest absolute Gasteiger partial charge is 0.412 e. The zero-order valence-electron chi connectivity index (χ0n) is 15.2. The van der Waals surface area contributed by atoms with Crippen LogP contribution >= 0.6 is 39.5 Å². The van der Waals surface area contributed by atoms with Crippen LogP contribution < -0.4 is 4.72 Å². The van der Waals surface area contributed by atoms with Crippen LogP contribution in [0.4, 0.5) is 4.39 Å². The van der Waals surface area contributed by atoms with Gasteiger partial charge in [-0.25, -0.2) is 9.11 Å². The number of rotatable bonds is 5. The average Bonchev–Trinajstić information content (AvgIpc) is 2.64. The number of aryl methyl sites for hydroxylation is 1. The highest BCUT2D eigenvalue weighted by Crippen LogP contribution is 2.30. The standard InChI is InChI=1S/C20H14BrClFN3S.2H2O/c1-12-8-15(21)11-25-19(12)20(13-2-5-16(22)6-3-13)26-27-17-7-4-14(10-24)18(23)9-17;;/h2-9,11,20,26H,1H3;2*1H2/t20-;;/m0../s1. The van der Waals surface area contributed by atoms with Gasteiger partial charge in [0.25, 0.3) is 0 Å². The smallest absolute Gasteiger partial charge is 0.142 e. The van der Waals surface area contributed by atoms with Crippen molar-refractivity contribution in [3.05, 3.63) is 92.4 Å². The molecule has 0 aliphatic rings. The lowest BCUT2D eigenvalue weighted by Gasteiger charge is -2.20. The van der Waals surface area contributed by atoms with E-state index in [1.165, 1.54) is 24.1 Å². The minimum absolute atomic E-state index is 0. The second-order valence-corrected chi connectivity index (χ2v) is 8.08. The van der Waals surface area contributed by atoms with Crippen molar-refractivity contribution in [2.75, 3.05) is 0 Å². The van der Waals surface area contributed by atoms with Gasteiger partial charge in [0.2, 0.25) is 0 Å². The summed E-state index contributed by atoms with van der Waals surface area (Å²) in [5.74, 6) is -0.537. The number of nitrogens with one attached hydrogen (secondary N) is 1. The molecule has 0 spiro atoms.